The monoisotopic (exact) mass is 255 g/mol. The second kappa shape index (κ2) is 5.54. The predicted octanol–water partition coefficient (Wildman–Crippen LogP) is 4.94. The largest absolute Gasteiger partial charge is 0.588 e. The summed E-state index contributed by atoms with van der Waals surface area (Å²) in [7, 11) is 1.94. The third-order valence-corrected chi connectivity index (χ3v) is 5.57. The zero-order chi connectivity index (χ0) is 13.1. The summed E-state index contributed by atoms with van der Waals surface area (Å²) in [6.07, 6.45) is 9.81. The molecule has 2 bridgehead atoms. The molecular formula is C17H24BO-. The van der Waals surface area contributed by atoms with E-state index >= 15 is 0 Å². The van der Waals surface area contributed by atoms with Gasteiger partial charge in [0.05, 0.1) is 0 Å². The quantitative estimate of drug-likeness (QED) is 0.695. The van der Waals surface area contributed by atoms with Crippen molar-refractivity contribution in [2.45, 2.75) is 50.2 Å². The standard InChI is InChI=1S/C17H24BO/c1-19-18(14-13-15-7-3-2-4-8-15)16-9-5-10-17(18)12-6-11-16/h2-4,7-8,13-14,16-17H,5-6,9-12H2,1H3/q-1/b14-13+. The van der Waals surface area contributed by atoms with Crippen molar-refractivity contribution in [2.75, 3.05) is 7.11 Å². The average molecular weight is 255 g/mol. The Morgan fingerprint density at radius 2 is 1.58 bits per heavy atom. The molecule has 0 aromatic heterocycles. The fourth-order valence-corrected chi connectivity index (χ4v) is 4.60. The van der Waals surface area contributed by atoms with E-state index in [9.17, 15) is 0 Å². The summed E-state index contributed by atoms with van der Waals surface area (Å²) in [5.41, 5.74) is 1.30. The lowest BCUT2D eigenvalue weighted by Gasteiger charge is -2.57. The van der Waals surface area contributed by atoms with Gasteiger partial charge in [-0.15, -0.1) is 11.6 Å². The summed E-state index contributed by atoms with van der Waals surface area (Å²) in [6, 6.07) is 10.6. The Labute approximate surface area is 117 Å². The summed E-state index contributed by atoms with van der Waals surface area (Å²) in [5.74, 6) is 4.01. The minimum Gasteiger partial charge on any atom is -0.588 e. The minimum atomic E-state index is -0.746. The summed E-state index contributed by atoms with van der Waals surface area (Å²) in [6.45, 7) is 0. The Hall–Kier alpha value is -1.02. The Balaban J connectivity index is 1.88. The maximum atomic E-state index is 6.14. The van der Waals surface area contributed by atoms with Crippen LogP contribution in [0.5, 0.6) is 0 Å². The van der Waals surface area contributed by atoms with E-state index in [1.54, 1.807) is 0 Å². The second-order valence-corrected chi connectivity index (χ2v) is 6.37. The van der Waals surface area contributed by atoms with E-state index in [4.69, 9.17) is 4.65 Å². The van der Waals surface area contributed by atoms with Crippen LogP contribution >= 0.6 is 0 Å². The van der Waals surface area contributed by atoms with Crippen molar-refractivity contribution >= 4 is 12.4 Å². The maximum absolute atomic E-state index is 6.14. The Morgan fingerprint density at radius 1 is 1.00 bits per heavy atom. The molecule has 0 amide bonds. The fourth-order valence-electron chi connectivity index (χ4n) is 4.60. The molecule has 2 aliphatic heterocycles. The molecule has 0 atom stereocenters. The Bertz CT molecular complexity index is 418. The lowest BCUT2D eigenvalue weighted by atomic mass is 9.20. The molecule has 19 heavy (non-hydrogen) atoms. The molecule has 2 fully saturated rings. The highest BCUT2D eigenvalue weighted by Crippen LogP contribution is 2.53. The number of hydrogen-bond acceptors (Lipinski definition) is 1. The smallest absolute Gasteiger partial charge is 0.140 e. The maximum Gasteiger partial charge on any atom is 0.140 e. The van der Waals surface area contributed by atoms with Gasteiger partial charge in [-0.3, -0.25) is 0 Å². The summed E-state index contributed by atoms with van der Waals surface area (Å²) < 4.78 is 6.14. The van der Waals surface area contributed by atoms with Crippen molar-refractivity contribution in [3.63, 3.8) is 0 Å². The third kappa shape index (κ3) is 2.39. The van der Waals surface area contributed by atoms with Crippen molar-refractivity contribution < 1.29 is 4.65 Å². The van der Waals surface area contributed by atoms with Crippen molar-refractivity contribution in [3.05, 3.63) is 41.9 Å². The molecule has 1 aromatic rings. The van der Waals surface area contributed by atoms with Crippen molar-refractivity contribution in [3.8, 4) is 0 Å². The molecule has 1 nitrogen and oxygen atoms in total. The van der Waals surface area contributed by atoms with Crippen LogP contribution in [0.1, 0.15) is 44.1 Å². The van der Waals surface area contributed by atoms with Gasteiger partial charge in [0.15, 0.2) is 0 Å². The lowest BCUT2D eigenvalue weighted by molar-refractivity contribution is 0.308. The van der Waals surface area contributed by atoms with Crippen LogP contribution in [0.25, 0.3) is 6.08 Å². The van der Waals surface area contributed by atoms with Crippen LogP contribution in [-0.4, -0.2) is 13.5 Å². The molecule has 2 saturated heterocycles. The van der Waals surface area contributed by atoms with Crippen LogP contribution in [0.2, 0.25) is 11.6 Å². The van der Waals surface area contributed by atoms with Crippen molar-refractivity contribution in [1.82, 2.24) is 0 Å². The summed E-state index contributed by atoms with van der Waals surface area (Å²) in [4.78, 5) is 0. The van der Waals surface area contributed by atoms with Gasteiger partial charge in [0.2, 0.25) is 0 Å². The van der Waals surface area contributed by atoms with E-state index < -0.39 is 6.35 Å². The van der Waals surface area contributed by atoms with Crippen molar-refractivity contribution in [1.29, 1.82) is 0 Å². The Kier molecular flexibility index (Phi) is 3.79. The number of benzene rings is 1. The highest BCUT2D eigenvalue weighted by atomic mass is 16.4. The SMILES string of the molecule is CO[B-]1(/C=C/c2ccccc2)C2CCCC1CCC2. The predicted molar refractivity (Wildman–Crippen MR) is 83.4 cm³/mol. The normalized spacial score (nSPS) is 34.6. The van der Waals surface area contributed by atoms with Gasteiger partial charge in [-0.1, -0.05) is 74.9 Å². The van der Waals surface area contributed by atoms with Gasteiger partial charge in [-0.05, 0) is 12.7 Å². The van der Waals surface area contributed by atoms with E-state index in [0.717, 1.165) is 11.6 Å². The highest BCUT2D eigenvalue weighted by Gasteiger charge is 2.42. The van der Waals surface area contributed by atoms with Gasteiger partial charge in [0.1, 0.15) is 6.35 Å². The first-order valence-electron chi connectivity index (χ1n) is 7.81. The van der Waals surface area contributed by atoms with Crippen LogP contribution in [0, 0.1) is 0 Å². The first-order valence-corrected chi connectivity index (χ1v) is 7.81. The van der Waals surface area contributed by atoms with Crippen LogP contribution in [0.3, 0.4) is 0 Å². The number of hydrogen-bond donors (Lipinski definition) is 0. The van der Waals surface area contributed by atoms with Gasteiger partial charge in [0.25, 0.3) is 0 Å². The summed E-state index contributed by atoms with van der Waals surface area (Å²) in [5, 5.41) is 0. The van der Waals surface area contributed by atoms with Gasteiger partial charge < -0.3 is 4.65 Å². The lowest BCUT2D eigenvalue weighted by Crippen LogP contribution is -2.50. The Morgan fingerprint density at radius 3 is 2.11 bits per heavy atom. The molecule has 2 heteroatoms. The molecule has 0 saturated carbocycles. The number of rotatable bonds is 3. The average Bonchev–Trinajstić information content (AvgIpc) is 2.45. The molecule has 3 rings (SSSR count). The molecule has 0 spiro atoms. The molecule has 0 N–H and O–H groups in total. The number of fused-ring (bicyclic) bond motifs is 2. The second-order valence-electron chi connectivity index (χ2n) is 6.37. The van der Waals surface area contributed by atoms with Gasteiger partial charge in [-0.25, -0.2) is 5.98 Å². The zero-order valence-electron chi connectivity index (χ0n) is 11.9. The van der Waals surface area contributed by atoms with Gasteiger partial charge >= 0.3 is 0 Å². The minimum absolute atomic E-state index is 0.746. The van der Waals surface area contributed by atoms with Crippen LogP contribution in [0.15, 0.2) is 36.3 Å². The van der Waals surface area contributed by atoms with E-state index in [1.165, 1.54) is 44.1 Å². The third-order valence-electron chi connectivity index (χ3n) is 5.57. The molecular weight excluding hydrogens is 231 g/mol. The topological polar surface area (TPSA) is 9.23 Å². The fraction of sp³-hybridized carbons (Fsp3) is 0.529. The highest BCUT2D eigenvalue weighted by molar-refractivity contribution is 6.82. The van der Waals surface area contributed by atoms with Gasteiger partial charge in [0, 0.05) is 0 Å². The summed E-state index contributed by atoms with van der Waals surface area (Å²) >= 11 is 0. The van der Waals surface area contributed by atoms with E-state index in [2.05, 4.69) is 42.4 Å². The molecule has 2 heterocycles. The zero-order valence-corrected chi connectivity index (χ0v) is 11.9. The van der Waals surface area contributed by atoms with E-state index in [-0.39, 0.29) is 0 Å². The van der Waals surface area contributed by atoms with E-state index in [0.29, 0.717) is 0 Å². The molecule has 0 radical (unpaired) electrons. The molecule has 1 aromatic carbocycles. The molecule has 0 unspecified atom stereocenters. The molecule has 102 valence electrons. The van der Waals surface area contributed by atoms with Gasteiger partial charge in [-0.2, -0.15) is 0 Å². The molecule has 0 aliphatic carbocycles. The van der Waals surface area contributed by atoms with Crippen LogP contribution < -0.4 is 0 Å². The first-order chi connectivity index (χ1) is 9.35. The van der Waals surface area contributed by atoms with Crippen LogP contribution in [0.4, 0.5) is 0 Å². The van der Waals surface area contributed by atoms with E-state index in [1.807, 2.05) is 7.11 Å². The van der Waals surface area contributed by atoms with Crippen molar-refractivity contribution in [2.24, 2.45) is 0 Å². The molecule has 2 aliphatic rings. The van der Waals surface area contributed by atoms with Crippen LogP contribution in [-0.2, 0) is 4.65 Å². The first kappa shape index (κ1) is 13.0.